The number of anilines is 2. The van der Waals surface area contributed by atoms with Crippen LogP contribution in [-0.4, -0.2) is 44.3 Å². The van der Waals surface area contributed by atoms with Gasteiger partial charge in [0.05, 0.1) is 16.5 Å². The summed E-state index contributed by atoms with van der Waals surface area (Å²) in [4.78, 5) is 26.7. The molecule has 0 aliphatic rings. The second-order valence-corrected chi connectivity index (χ2v) is 8.38. The molecule has 0 saturated carbocycles. The third kappa shape index (κ3) is 7.20. The van der Waals surface area contributed by atoms with Gasteiger partial charge in [-0.2, -0.15) is 17.9 Å². The second-order valence-electron chi connectivity index (χ2n) is 6.66. The molecule has 13 heteroatoms. The Hall–Kier alpha value is -3.19. The monoisotopic (exact) mass is 473 g/mol. The lowest BCUT2D eigenvalue weighted by Crippen LogP contribution is -2.45. The molecule has 0 aliphatic carbocycles. The highest BCUT2D eigenvalue weighted by atomic mass is 32.2. The highest BCUT2D eigenvalue weighted by Crippen LogP contribution is 2.33. The summed E-state index contributed by atoms with van der Waals surface area (Å²) in [5.41, 5.74) is -0.520. The van der Waals surface area contributed by atoms with Crippen LogP contribution in [-0.2, 0) is 25.8 Å². The third-order valence-electron chi connectivity index (χ3n) is 4.04. The van der Waals surface area contributed by atoms with E-state index in [-0.39, 0.29) is 29.7 Å². The zero-order chi connectivity index (χ0) is 23.9. The van der Waals surface area contributed by atoms with Gasteiger partial charge in [0.25, 0.3) is 0 Å². The first-order chi connectivity index (χ1) is 14.9. The summed E-state index contributed by atoms with van der Waals surface area (Å²) >= 11 is 0. The quantitative estimate of drug-likeness (QED) is 0.412. The number of nitrogens with zero attached hydrogens (tertiary/aromatic N) is 1. The fourth-order valence-corrected chi connectivity index (χ4v) is 3.77. The van der Waals surface area contributed by atoms with Gasteiger partial charge in [-0.1, -0.05) is 0 Å². The Morgan fingerprint density at radius 1 is 1.09 bits per heavy atom. The smallest absolute Gasteiger partial charge is 0.368 e. The summed E-state index contributed by atoms with van der Waals surface area (Å²) in [7, 11) is -4.02. The normalized spacial score (nSPS) is 12.7. The van der Waals surface area contributed by atoms with Crippen LogP contribution < -0.4 is 20.7 Å². The molecule has 2 rings (SSSR count). The van der Waals surface area contributed by atoms with Crippen LogP contribution in [0, 0.1) is 0 Å². The van der Waals surface area contributed by atoms with Crippen molar-refractivity contribution in [1.82, 2.24) is 15.0 Å². The van der Waals surface area contributed by atoms with Crippen LogP contribution in [0.2, 0.25) is 0 Å². The highest BCUT2D eigenvalue weighted by Gasteiger charge is 2.34. The number of hydrogen-bond donors (Lipinski definition) is 4. The van der Waals surface area contributed by atoms with Crippen molar-refractivity contribution in [2.45, 2.75) is 31.0 Å². The molecule has 0 bridgehead atoms. The Kier molecular flexibility index (Phi) is 8.16. The van der Waals surface area contributed by atoms with Crippen LogP contribution in [0.4, 0.5) is 24.7 Å². The molecule has 1 atom stereocenters. The number of amides is 2. The SMILES string of the molecule is CC(=O)Nc1ccc(S(=O)(=O)N[C@@H](C)C(=O)NCCNc2ncccc2C(F)(F)F)cc1. The van der Waals surface area contributed by atoms with Gasteiger partial charge in [0, 0.05) is 31.9 Å². The van der Waals surface area contributed by atoms with E-state index in [0.717, 1.165) is 12.1 Å². The fraction of sp³-hybridized carbons (Fsp3) is 0.316. The first kappa shape index (κ1) is 25.1. The van der Waals surface area contributed by atoms with Gasteiger partial charge < -0.3 is 16.0 Å². The Morgan fingerprint density at radius 3 is 2.34 bits per heavy atom. The summed E-state index contributed by atoms with van der Waals surface area (Å²) in [5.74, 6) is -1.34. The molecule has 9 nitrogen and oxygen atoms in total. The number of alkyl halides is 3. The van der Waals surface area contributed by atoms with Crippen molar-refractivity contribution in [3.63, 3.8) is 0 Å². The molecule has 4 N–H and O–H groups in total. The number of carbonyl (C=O) groups is 2. The lowest BCUT2D eigenvalue weighted by molar-refractivity contribution is -0.137. The molecule has 0 radical (unpaired) electrons. The second kappa shape index (κ2) is 10.4. The molecule has 1 heterocycles. The minimum atomic E-state index is -4.58. The Balaban J connectivity index is 1.87. The average Bonchev–Trinajstić information content (AvgIpc) is 2.70. The van der Waals surface area contributed by atoms with Crippen molar-refractivity contribution in [1.29, 1.82) is 0 Å². The van der Waals surface area contributed by atoms with Gasteiger partial charge in [0.15, 0.2) is 0 Å². The van der Waals surface area contributed by atoms with Gasteiger partial charge in [-0.25, -0.2) is 13.4 Å². The van der Waals surface area contributed by atoms with Crippen LogP contribution in [0.15, 0.2) is 47.5 Å². The van der Waals surface area contributed by atoms with E-state index in [9.17, 15) is 31.2 Å². The van der Waals surface area contributed by atoms with Crippen LogP contribution >= 0.6 is 0 Å². The van der Waals surface area contributed by atoms with Crippen molar-refractivity contribution < 1.29 is 31.2 Å². The largest absolute Gasteiger partial charge is 0.419 e. The van der Waals surface area contributed by atoms with Gasteiger partial charge in [-0.15, -0.1) is 0 Å². The van der Waals surface area contributed by atoms with E-state index in [0.29, 0.717) is 5.69 Å². The van der Waals surface area contributed by atoms with Crippen molar-refractivity contribution in [3.05, 3.63) is 48.2 Å². The number of sulfonamides is 1. The van der Waals surface area contributed by atoms with E-state index in [1.807, 2.05) is 0 Å². The molecule has 0 spiro atoms. The van der Waals surface area contributed by atoms with E-state index in [1.54, 1.807) is 0 Å². The van der Waals surface area contributed by atoms with Crippen LogP contribution in [0.5, 0.6) is 0 Å². The molecular formula is C19H22F3N5O4S. The maximum Gasteiger partial charge on any atom is 0.419 e. The van der Waals surface area contributed by atoms with Gasteiger partial charge in [0.2, 0.25) is 21.8 Å². The molecule has 0 unspecified atom stereocenters. The van der Waals surface area contributed by atoms with E-state index >= 15 is 0 Å². The maximum atomic E-state index is 12.9. The van der Waals surface area contributed by atoms with E-state index in [4.69, 9.17) is 0 Å². The molecular weight excluding hydrogens is 451 g/mol. The lowest BCUT2D eigenvalue weighted by Gasteiger charge is -2.16. The maximum absolute atomic E-state index is 12.9. The molecule has 2 amide bonds. The van der Waals surface area contributed by atoms with Crippen molar-refractivity contribution in [2.24, 2.45) is 0 Å². The number of rotatable bonds is 9. The summed E-state index contributed by atoms with van der Waals surface area (Å²) in [6, 6.07) is 6.25. The van der Waals surface area contributed by atoms with Gasteiger partial charge in [0.1, 0.15) is 5.82 Å². The molecule has 174 valence electrons. The average molecular weight is 473 g/mol. The zero-order valence-electron chi connectivity index (χ0n) is 17.2. The molecule has 0 aliphatic heterocycles. The summed E-state index contributed by atoms with van der Waals surface area (Å²) in [6.07, 6.45) is -3.37. The van der Waals surface area contributed by atoms with Gasteiger partial charge >= 0.3 is 6.18 Å². The fourth-order valence-electron chi connectivity index (χ4n) is 2.57. The zero-order valence-corrected chi connectivity index (χ0v) is 18.0. The van der Waals surface area contributed by atoms with E-state index < -0.39 is 33.7 Å². The number of pyridine rings is 1. The predicted molar refractivity (Wildman–Crippen MR) is 111 cm³/mol. The summed E-state index contributed by atoms with van der Waals surface area (Å²) in [5, 5.41) is 7.43. The minimum Gasteiger partial charge on any atom is -0.368 e. The molecule has 0 saturated heterocycles. The standard InChI is InChI=1S/C19H22F3N5O4S/c1-12(27-32(30,31)15-7-5-14(6-8-15)26-13(2)28)18(29)25-11-10-24-17-16(19(20,21)22)4-3-9-23-17/h3-9,12,27H,10-11H2,1-2H3,(H,23,24)(H,25,29)(H,26,28)/t12-/m0/s1. The third-order valence-corrected chi connectivity index (χ3v) is 5.60. The van der Waals surface area contributed by atoms with Crippen LogP contribution in [0.1, 0.15) is 19.4 Å². The molecule has 0 fully saturated rings. The Labute approximate surface area is 182 Å². The number of nitrogens with one attached hydrogen (secondary N) is 4. The Bertz CT molecular complexity index is 1060. The van der Waals surface area contributed by atoms with Crippen LogP contribution in [0.25, 0.3) is 0 Å². The number of benzene rings is 1. The molecule has 32 heavy (non-hydrogen) atoms. The van der Waals surface area contributed by atoms with Gasteiger partial charge in [-0.05, 0) is 43.3 Å². The number of hydrogen-bond acceptors (Lipinski definition) is 6. The minimum absolute atomic E-state index is 0.0596. The predicted octanol–water partition coefficient (Wildman–Crippen LogP) is 1.95. The highest BCUT2D eigenvalue weighted by molar-refractivity contribution is 7.89. The van der Waals surface area contributed by atoms with E-state index in [2.05, 4.69) is 25.7 Å². The number of carbonyl (C=O) groups excluding carboxylic acids is 2. The van der Waals surface area contributed by atoms with Crippen molar-refractivity contribution in [3.8, 4) is 0 Å². The van der Waals surface area contributed by atoms with Gasteiger partial charge in [-0.3, -0.25) is 9.59 Å². The Morgan fingerprint density at radius 2 is 1.75 bits per heavy atom. The summed E-state index contributed by atoms with van der Waals surface area (Å²) < 4.78 is 65.9. The first-order valence-corrected chi connectivity index (χ1v) is 10.8. The molecule has 1 aromatic carbocycles. The van der Waals surface area contributed by atoms with Crippen molar-refractivity contribution >= 4 is 33.3 Å². The first-order valence-electron chi connectivity index (χ1n) is 9.34. The lowest BCUT2D eigenvalue weighted by atomic mass is 10.2. The summed E-state index contributed by atoms with van der Waals surface area (Å²) in [6.45, 7) is 2.51. The molecule has 1 aromatic heterocycles. The number of aromatic nitrogens is 1. The van der Waals surface area contributed by atoms with Crippen LogP contribution in [0.3, 0.4) is 0 Å². The molecule has 2 aromatic rings. The number of halogens is 3. The van der Waals surface area contributed by atoms with E-state index in [1.165, 1.54) is 44.3 Å². The van der Waals surface area contributed by atoms with Crippen molar-refractivity contribution in [2.75, 3.05) is 23.7 Å². The topological polar surface area (TPSA) is 129 Å².